The Morgan fingerprint density at radius 3 is 2.48 bits per heavy atom. The summed E-state index contributed by atoms with van der Waals surface area (Å²) >= 11 is 0. The van der Waals surface area contributed by atoms with E-state index in [9.17, 15) is 5.11 Å². The number of phenolic OH excluding ortho intramolecular Hbond substituents is 1. The number of ether oxygens (including phenoxy) is 4. The minimum absolute atomic E-state index is 0.00250. The molecule has 0 aliphatic carbocycles. The topological polar surface area (TPSA) is 60.4 Å². The molecule has 1 saturated heterocycles. The lowest BCUT2D eigenvalue weighted by Gasteiger charge is -2.44. The smallest absolute Gasteiger partial charge is 0.231 e. The summed E-state index contributed by atoms with van der Waals surface area (Å²) in [5.41, 5.74) is 1.93. The zero-order valence-corrected chi connectivity index (χ0v) is 15.3. The van der Waals surface area contributed by atoms with Crippen molar-refractivity contribution in [3.63, 3.8) is 0 Å². The maximum Gasteiger partial charge on any atom is 0.231 e. The van der Waals surface area contributed by atoms with Gasteiger partial charge in [-0.15, -0.1) is 0 Å². The number of hydrogen-bond donors (Lipinski definition) is 1. The quantitative estimate of drug-likeness (QED) is 0.878. The number of phenols is 1. The number of rotatable bonds is 2. The van der Waals surface area contributed by atoms with Crippen molar-refractivity contribution in [2.24, 2.45) is 5.92 Å². The molecule has 1 fully saturated rings. The SMILES string of the molecule is C[C@@H]1[C@H](c2ccccc2O)c2cc3c(cc2O[C@@H]1N1CCOCC1)OCO3. The molecular formula is C21H23NO5. The van der Waals surface area contributed by atoms with Crippen LogP contribution in [0.4, 0.5) is 0 Å². The predicted octanol–water partition coefficient (Wildman–Crippen LogP) is 2.94. The Balaban J connectivity index is 1.62. The van der Waals surface area contributed by atoms with Crippen LogP contribution in [0.25, 0.3) is 0 Å². The van der Waals surface area contributed by atoms with E-state index in [1.54, 1.807) is 6.07 Å². The summed E-state index contributed by atoms with van der Waals surface area (Å²) in [6.07, 6.45) is -0.0913. The zero-order chi connectivity index (χ0) is 18.4. The van der Waals surface area contributed by atoms with Crippen molar-refractivity contribution >= 4 is 0 Å². The van der Waals surface area contributed by atoms with Crippen molar-refractivity contribution in [1.82, 2.24) is 4.90 Å². The predicted molar refractivity (Wildman–Crippen MR) is 98.5 cm³/mol. The van der Waals surface area contributed by atoms with E-state index < -0.39 is 0 Å². The van der Waals surface area contributed by atoms with Crippen molar-refractivity contribution < 1.29 is 24.1 Å². The van der Waals surface area contributed by atoms with Crippen molar-refractivity contribution in [2.45, 2.75) is 19.1 Å². The van der Waals surface area contributed by atoms with E-state index in [4.69, 9.17) is 18.9 Å². The van der Waals surface area contributed by atoms with Gasteiger partial charge in [-0.1, -0.05) is 25.1 Å². The summed E-state index contributed by atoms with van der Waals surface area (Å²) in [5, 5.41) is 10.6. The van der Waals surface area contributed by atoms with Crippen LogP contribution in [0.5, 0.6) is 23.0 Å². The molecule has 3 heterocycles. The number of fused-ring (bicyclic) bond motifs is 2. The molecule has 3 aliphatic rings. The fraction of sp³-hybridized carbons (Fsp3) is 0.429. The highest BCUT2D eigenvalue weighted by molar-refractivity contribution is 5.57. The monoisotopic (exact) mass is 369 g/mol. The lowest BCUT2D eigenvalue weighted by Crippen LogP contribution is -2.52. The van der Waals surface area contributed by atoms with Gasteiger partial charge in [-0.2, -0.15) is 0 Å². The van der Waals surface area contributed by atoms with Crippen LogP contribution < -0.4 is 14.2 Å². The Kier molecular flexibility index (Phi) is 4.10. The second kappa shape index (κ2) is 6.62. The van der Waals surface area contributed by atoms with Gasteiger partial charge in [-0.05, 0) is 12.1 Å². The largest absolute Gasteiger partial charge is 0.508 e. The van der Waals surface area contributed by atoms with Crippen LogP contribution in [0.2, 0.25) is 0 Å². The molecule has 1 N–H and O–H groups in total. The van der Waals surface area contributed by atoms with Gasteiger partial charge in [0, 0.05) is 42.1 Å². The molecular weight excluding hydrogens is 346 g/mol. The van der Waals surface area contributed by atoms with Gasteiger partial charge in [0.25, 0.3) is 0 Å². The maximum atomic E-state index is 10.6. The Morgan fingerprint density at radius 2 is 1.70 bits per heavy atom. The van der Waals surface area contributed by atoms with Gasteiger partial charge >= 0.3 is 0 Å². The highest BCUT2D eigenvalue weighted by Crippen LogP contribution is 2.51. The molecule has 0 saturated carbocycles. The van der Waals surface area contributed by atoms with Gasteiger partial charge in [0.1, 0.15) is 11.5 Å². The van der Waals surface area contributed by atoms with Gasteiger partial charge in [0.2, 0.25) is 6.79 Å². The van der Waals surface area contributed by atoms with Gasteiger partial charge in [0.15, 0.2) is 17.7 Å². The third-order valence-corrected chi connectivity index (χ3v) is 5.74. The summed E-state index contributed by atoms with van der Waals surface area (Å²) in [6.45, 7) is 5.50. The van der Waals surface area contributed by atoms with Crippen LogP contribution in [0.15, 0.2) is 36.4 Å². The third kappa shape index (κ3) is 2.80. The summed E-state index contributed by atoms with van der Waals surface area (Å²) in [6, 6.07) is 11.5. The minimum atomic E-state index is -0.0913. The molecule has 5 rings (SSSR count). The van der Waals surface area contributed by atoms with Gasteiger partial charge in [0.05, 0.1) is 13.2 Å². The first-order valence-corrected chi connectivity index (χ1v) is 9.42. The fourth-order valence-electron chi connectivity index (χ4n) is 4.41. The molecule has 2 aromatic rings. The second-order valence-corrected chi connectivity index (χ2v) is 7.30. The molecule has 142 valence electrons. The van der Waals surface area contributed by atoms with E-state index in [1.165, 1.54) is 0 Å². The fourth-order valence-corrected chi connectivity index (χ4v) is 4.41. The van der Waals surface area contributed by atoms with Gasteiger partial charge < -0.3 is 24.1 Å². The van der Waals surface area contributed by atoms with E-state index >= 15 is 0 Å². The molecule has 0 aromatic heterocycles. The van der Waals surface area contributed by atoms with E-state index in [0.717, 1.165) is 35.7 Å². The average molecular weight is 369 g/mol. The summed E-state index contributed by atoms with van der Waals surface area (Å²) in [7, 11) is 0. The Morgan fingerprint density at radius 1 is 0.963 bits per heavy atom. The molecule has 27 heavy (non-hydrogen) atoms. The summed E-state index contributed by atoms with van der Waals surface area (Å²) in [5.74, 6) is 2.68. The highest BCUT2D eigenvalue weighted by Gasteiger charge is 2.41. The maximum absolute atomic E-state index is 10.6. The molecule has 0 unspecified atom stereocenters. The number of nitrogens with zero attached hydrogens (tertiary/aromatic N) is 1. The normalized spacial score (nSPS) is 27.1. The van der Waals surface area contributed by atoms with Gasteiger partial charge in [-0.3, -0.25) is 4.90 Å². The summed E-state index contributed by atoms with van der Waals surface area (Å²) in [4.78, 5) is 2.33. The zero-order valence-electron chi connectivity index (χ0n) is 15.3. The van der Waals surface area contributed by atoms with E-state index in [0.29, 0.717) is 24.7 Å². The molecule has 3 aliphatic heterocycles. The molecule has 0 spiro atoms. The van der Waals surface area contributed by atoms with Crippen LogP contribution in [0.3, 0.4) is 0 Å². The first kappa shape index (κ1) is 16.7. The second-order valence-electron chi connectivity index (χ2n) is 7.30. The van der Waals surface area contributed by atoms with E-state index in [-0.39, 0.29) is 24.9 Å². The Bertz CT molecular complexity index is 848. The minimum Gasteiger partial charge on any atom is -0.508 e. The molecule has 0 radical (unpaired) electrons. The molecule has 6 heteroatoms. The highest BCUT2D eigenvalue weighted by atomic mass is 16.7. The first-order chi connectivity index (χ1) is 13.2. The third-order valence-electron chi connectivity index (χ3n) is 5.74. The lowest BCUT2D eigenvalue weighted by atomic mass is 9.77. The summed E-state index contributed by atoms with van der Waals surface area (Å²) < 4.78 is 23.1. The average Bonchev–Trinajstić information content (AvgIpc) is 3.15. The van der Waals surface area contributed by atoms with Crippen molar-refractivity contribution in [2.75, 3.05) is 33.1 Å². The molecule has 2 aromatic carbocycles. The van der Waals surface area contributed by atoms with Crippen LogP contribution in [-0.4, -0.2) is 49.3 Å². The number of para-hydroxylation sites is 1. The number of morpholine rings is 1. The van der Waals surface area contributed by atoms with Crippen LogP contribution in [-0.2, 0) is 4.74 Å². The van der Waals surface area contributed by atoms with Crippen molar-refractivity contribution in [3.05, 3.63) is 47.5 Å². The van der Waals surface area contributed by atoms with Gasteiger partial charge in [-0.25, -0.2) is 0 Å². The van der Waals surface area contributed by atoms with E-state index in [1.807, 2.05) is 30.3 Å². The molecule has 0 bridgehead atoms. The molecule has 3 atom stereocenters. The van der Waals surface area contributed by atoms with Crippen LogP contribution in [0.1, 0.15) is 24.0 Å². The Labute approximate surface area is 158 Å². The number of benzene rings is 2. The van der Waals surface area contributed by atoms with Crippen molar-refractivity contribution in [3.8, 4) is 23.0 Å². The molecule has 0 amide bonds. The van der Waals surface area contributed by atoms with Crippen LogP contribution in [0, 0.1) is 5.92 Å². The number of aromatic hydroxyl groups is 1. The lowest BCUT2D eigenvalue weighted by molar-refractivity contribution is -0.0785. The molecule has 6 nitrogen and oxygen atoms in total. The number of hydrogen-bond acceptors (Lipinski definition) is 6. The first-order valence-electron chi connectivity index (χ1n) is 9.42. The van der Waals surface area contributed by atoms with Crippen LogP contribution >= 0.6 is 0 Å². The Hall–Kier alpha value is -2.44. The van der Waals surface area contributed by atoms with Crippen molar-refractivity contribution in [1.29, 1.82) is 0 Å². The van der Waals surface area contributed by atoms with E-state index in [2.05, 4.69) is 11.8 Å². The standard InChI is InChI=1S/C21H23NO5/c1-13-20(14-4-2-3-5-16(14)23)15-10-18-19(26-12-25-18)11-17(15)27-21(13)22-6-8-24-9-7-22/h2-5,10-11,13,20-21,23H,6-9,12H2,1H3/t13-,20-,21+/m1/s1.